The van der Waals surface area contributed by atoms with Crippen LogP contribution in [0, 0.1) is 6.92 Å². The van der Waals surface area contributed by atoms with Gasteiger partial charge in [0.25, 0.3) is 0 Å². The average Bonchev–Trinajstić information content (AvgIpc) is 2.68. The van der Waals surface area contributed by atoms with Crippen molar-refractivity contribution in [1.82, 2.24) is 15.0 Å². The van der Waals surface area contributed by atoms with Gasteiger partial charge in [0.05, 0.1) is 7.11 Å². The SMILES string of the molecule is COc1nc(-c2ccnc(N(C)C)c2)nc(Sc2ccc(C)cc2)c1C(F)(F)F. The zero-order valence-electron chi connectivity index (χ0n) is 16.3. The van der Waals surface area contributed by atoms with Crippen molar-refractivity contribution in [1.29, 1.82) is 0 Å². The average molecular weight is 420 g/mol. The van der Waals surface area contributed by atoms with E-state index in [1.165, 1.54) is 7.11 Å². The first-order valence-corrected chi connectivity index (χ1v) is 9.42. The van der Waals surface area contributed by atoms with Crippen LogP contribution in [0.1, 0.15) is 11.1 Å². The van der Waals surface area contributed by atoms with Gasteiger partial charge in [-0.05, 0) is 31.2 Å². The molecule has 2 heterocycles. The lowest BCUT2D eigenvalue weighted by Crippen LogP contribution is -2.13. The van der Waals surface area contributed by atoms with Gasteiger partial charge in [-0.25, -0.2) is 9.97 Å². The summed E-state index contributed by atoms with van der Waals surface area (Å²) in [4.78, 5) is 14.9. The van der Waals surface area contributed by atoms with Crippen molar-refractivity contribution in [3.8, 4) is 17.3 Å². The van der Waals surface area contributed by atoms with Gasteiger partial charge in [0.15, 0.2) is 11.4 Å². The number of methoxy groups -OCH3 is 1. The van der Waals surface area contributed by atoms with Gasteiger partial charge in [-0.15, -0.1) is 0 Å². The second kappa shape index (κ2) is 8.28. The fraction of sp³-hybridized carbons (Fsp3) is 0.250. The third kappa shape index (κ3) is 4.79. The van der Waals surface area contributed by atoms with Gasteiger partial charge in [0.2, 0.25) is 5.88 Å². The smallest absolute Gasteiger partial charge is 0.424 e. The normalized spacial score (nSPS) is 11.4. The van der Waals surface area contributed by atoms with Gasteiger partial charge in [0.1, 0.15) is 10.8 Å². The number of anilines is 1. The quantitative estimate of drug-likeness (QED) is 0.536. The van der Waals surface area contributed by atoms with Crippen LogP contribution < -0.4 is 9.64 Å². The van der Waals surface area contributed by atoms with E-state index in [1.807, 2.05) is 33.2 Å². The molecule has 9 heteroatoms. The molecule has 0 saturated carbocycles. The minimum atomic E-state index is -4.66. The molecule has 0 saturated heterocycles. The molecule has 3 rings (SSSR count). The second-order valence-corrected chi connectivity index (χ2v) is 7.51. The molecule has 5 nitrogen and oxygen atoms in total. The summed E-state index contributed by atoms with van der Waals surface area (Å²) < 4.78 is 46.3. The van der Waals surface area contributed by atoms with E-state index >= 15 is 0 Å². The third-order valence-electron chi connectivity index (χ3n) is 4.02. The van der Waals surface area contributed by atoms with Crippen LogP contribution in [-0.4, -0.2) is 36.2 Å². The van der Waals surface area contributed by atoms with Crippen molar-refractivity contribution in [2.75, 3.05) is 26.1 Å². The maximum atomic E-state index is 13.8. The molecule has 0 amide bonds. The van der Waals surface area contributed by atoms with Crippen LogP contribution >= 0.6 is 11.8 Å². The lowest BCUT2D eigenvalue weighted by Gasteiger charge is -2.17. The first-order chi connectivity index (χ1) is 13.7. The highest BCUT2D eigenvalue weighted by atomic mass is 32.2. The van der Waals surface area contributed by atoms with E-state index in [9.17, 15) is 13.2 Å². The molecule has 0 unspecified atom stereocenters. The summed E-state index contributed by atoms with van der Waals surface area (Å²) >= 11 is 0.922. The highest BCUT2D eigenvalue weighted by Gasteiger charge is 2.40. The number of nitrogens with zero attached hydrogens (tertiary/aromatic N) is 4. The number of aromatic nitrogens is 3. The van der Waals surface area contributed by atoms with E-state index in [4.69, 9.17) is 4.74 Å². The third-order valence-corrected chi connectivity index (χ3v) is 5.01. The monoisotopic (exact) mass is 420 g/mol. The first kappa shape index (κ1) is 20.9. The van der Waals surface area contributed by atoms with Gasteiger partial charge in [-0.1, -0.05) is 29.5 Å². The number of benzene rings is 1. The molecule has 0 radical (unpaired) electrons. The molecule has 0 N–H and O–H groups in total. The molecule has 0 bridgehead atoms. The Morgan fingerprint density at radius 3 is 2.31 bits per heavy atom. The molecule has 0 fully saturated rings. The Bertz CT molecular complexity index is 1010. The fourth-order valence-electron chi connectivity index (χ4n) is 2.53. The van der Waals surface area contributed by atoms with Gasteiger partial charge in [-0.2, -0.15) is 18.2 Å². The van der Waals surface area contributed by atoms with Crippen LogP contribution in [0.25, 0.3) is 11.4 Å². The number of hydrogen-bond acceptors (Lipinski definition) is 6. The van der Waals surface area contributed by atoms with Crippen molar-refractivity contribution in [2.45, 2.75) is 23.0 Å². The molecule has 29 heavy (non-hydrogen) atoms. The molecular formula is C20H19F3N4OS. The second-order valence-electron chi connectivity index (χ2n) is 6.45. The number of rotatable bonds is 5. The lowest BCUT2D eigenvalue weighted by molar-refractivity contribution is -0.141. The van der Waals surface area contributed by atoms with Crippen LogP contribution in [0.5, 0.6) is 5.88 Å². The van der Waals surface area contributed by atoms with Crippen LogP contribution in [0.4, 0.5) is 19.0 Å². The predicted octanol–water partition coefficient (Wildman–Crippen LogP) is 5.09. The molecule has 0 aliphatic rings. The summed E-state index contributed by atoms with van der Waals surface area (Å²) in [5.74, 6) is 0.257. The maximum absolute atomic E-state index is 13.8. The number of halogens is 3. The summed E-state index contributed by atoms with van der Waals surface area (Å²) in [6, 6.07) is 10.5. The van der Waals surface area contributed by atoms with Crippen molar-refractivity contribution in [2.24, 2.45) is 0 Å². The maximum Gasteiger partial charge on any atom is 0.424 e. The number of ether oxygens (including phenoxy) is 1. The first-order valence-electron chi connectivity index (χ1n) is 8.60. The van der Waals surface area contributed by atoms with Crippen molar-refractivity contribution in [3.05, 3.63) is 53.7 Å². The summed E-state index contributed by atoms with van der Waals surface area (Å²) in [5.41, 5.74) is 0.567. The zero-order chi connectivity index (χ0) is 21.2. The molecule has 2 aromatic heterocycles. The summed E-state index contributed by atoms with van der Waals surface area (Å²) in [5, 5.41) is -0.216. The van der Waals surface area contributed by atoms with Crippen LogP contribution in [-0.2, 0) is 6.18 Å². The van der Waals surface area contributed by atoms with Crippen molar-refractivity contribution in [3.63, 3.8) is 0 Å². The largest absolute Gasteiger partial charge is 0.480 e. The van der Waals surface area contributed by atoms with Crippen molar-refractivity contribution >= 4 is 17.6 Å². The molecule has 0 aliphatic carbocycles. The van der Waals surface area contributed by atoms with E-state index in [1.54, 1.807) is 35.4 Å². The number of pyridine rings is 1. The molecular weight excluding hydrogens is 401 g/mol. The Morgan fingerprint density at radius 2 is 1.72 bits per heavy atom. The fourth-order valence-corrected chi connectivity index (χ4v) is 3.47. The van der Waals surface area contributed by atoms with Gasteiger partial charge in [-0.3, -0.25) is 0 Å². The Balaban J connectivity index is 2.17. The van der Waals surface area contributed by atoms with E-state index in [2.05, 4.69) is 15.0 Å². The minimum Gasteiger partial charge on any atom is -0.480 e. The predicted molar refractivity (Wildman–Crippen MR) is 106 cm³/mol. The Kier molecular flexibility index (Phi) is 5.97. The van der Waals surface area contributed by atoms with E-state index in [-0.39, 0.29) is 10.9 Å². The van der Waals surface area contributed by atoms with E-state index in [0.29, 0.717) is 16.3 Å². The molecule has 3 aromatic rings. The Labute approximate surface area is 171 Å². The van der Waals surface area contributed by atoms with Gasteiger partial charge in [0, 0.05) is 30.8 Å². The lowest BCUT2D eigenvalue weighted by atomic mass is 10.2. The number of aryl methyl sites for hydroxylation is 1. The summed E-state index contributed by atoms with van der Waals surface area (Å²) in [6.07, 6.45) is -3.10. The molecule has 0 aliphatic heterocycles. The van der Waals surface area contributed by atoms with Gasteiger partial charge >= 0.3 is 6.18 Å². The molecule has 152 valence electrons. The van der Waals surface area contributed by atoms with E-state index < -0.39 is 17.6 Å². The topological polar surface area (TPSA) is 51.1 Å². The van der Waals surface area contributed by atoms with Crippen molar-refractivity contribution < 1.29 is 17.9 Å². The Hall–Kier alpha value is -2.81. The molecule has 1 aromatic carbocycles. The van der Waals surface area contributed by atoms with Crippen LogP contribution in [0.2, 0.25) is 0 Å². The Morgan fingerprint density at radius 1 is 1.03 bits per heavy atom. The minimum absolute atomic E-state index is 0.134. The van der Waals surface area contributed by atoms with Crippen LogP contribution in [0.3, 0.4) is 0 Å². The zero-order valence-corrected chi connectivity index (χ0v) is 17.1. The standard InChI is InChI=1S/C20H19F3N4OS/c1-12-5-7-14(8-6-12)29-19-16(20(21,22)23)18(28-4)25-17(26-19)13-9-10-24-15(11-13)27(2)3/h5-11H,1-4H3. The van der Waals surface area contributed by atoms with E-state index in [0.717, 1.165) is 17.3 Å². The molecule has 0 atom stereocenters. The number of hydrogen-bond donors (Lipinski definition) is 0. The molecule has 0 spiro atoms. The highest BCUT2D eigenvalue weighted by Crippen LogP contribution is 2.43. The van der Waals surface area contributed by atoms with Gasteiger partial charge < -0.3 is 9.64 Å². The number of alkyl halides is 3. The van der Waals surface area contributed by atoms with Crippen LogP contribution in [0.15, 0.2) is 52.5 Å². The highest BCUT2D eigenvalue weighted by molar-refractivity contribution is 7.99. The summed E-state index contributed by atoms with van der Waals surface area (Å²) in [7, 11) is 4.80. The summed E-state index contributed by atoms with van der Waals surface area (Å²) in [6.45, 7) is 1.91.